The molecule has 0 aliphatic heterocycles. The van der Waals surface area contributed by atoms with Crippen molar-refractivity contribution in [1.82, 2.24) is 0 Å². The molecular formula is C23H20O4. The lowest BCUT2D eigenvalue weighted by Crippen LogP contribution is -2.01. The Hall–Kier alpha value is -3.40. The summed E-state index contributed by atoms with van der Waals surface area (Å²) in [4.78, 5) is 23.8. The molecule has 0 fully saturated rings. The van der Waals surface area contributed by atoms with Crippen LogP contribution < -0.4 is 4.74 Å². The minimum atomic E-state index is -0.386. The van der Waals surface area contributed by atoms with Crippen molar-refractivity contribution in [2.24, 2.45) is 0 Å². The van der Waals surface area contributed by atoms with Crippen molar-refractivity contribution in [1.29, 1.82) is 0 Å². The second-order valence-electron chi connectivity index (χ2n) is 6.11. The lowest BCUT2D eigenvalue weighted by Gasteiger charge is -2.11. The van der Waals surface area contributed by atoms with Gasteiger partial charge in [0.25, 0.3) is 0 Å². The molecule has 0 radical (unpaired) electrons. The van der Waals surface area contributed by atoms with E-state index in [2.05, 4.69) is 0 Å². The number of ketones is 1. The lowest BCUT2D eigenvalue weighted by atomic mass is 9.93. The average molecular weight is 360 g/mol. The molecule has 3 aromatic carbocycles. The molecule has 0 aliphatic carbocycles. The summed E-state index contributed by atoms with van der Waals surface area (Å²) in [6.07, 6.45) is 0. The number of Topliss-reactive ketones (excluding diaryl/α,β-unsaturated/α-hetero) is 1. The number of ether oxygens (including phenoxy) is 2. The van der Waals surface area contributed by atoms with Gasteiger partial charge in [-0.3, -0.25) is 4.79 Å². The second-order valence-corrected chi connectivity index (χ2v) is 6.11. The van der Waals surface area contributed by atoms with Gasteiger partial charge in [0, 0.05) is 5.56 Å². The molecule has 0 bridgehead atoms. The highest BCUT2D eigenvalue weighted by atomic mass is 16.5. The summed E-state index contributed by atoms with van der Waals surface area (Å²) in [7, 11) is 2.98. The van der Waals surface area contributed by atoms with Crippen LogP contribution in [0.25, 0.3) is 22.3 Å². The Morgan fingerprint density at radius 2 is 1.33 bits per heavy atom. The molecule has 0 atom stereocenters. The molecule has 0 heterocycles. The van der Waals surface area contributed by atoms with Crippen LogP contribution >= 0.6 is 0 Å². The zero-order valence-electron chi connectivity index (χ0n) is 15.5. The Balaban J connectivity index is 2.01. The van der Waals surface area contributed by atoms with Crippen LogP contribution in [-0.2, 0) is 4.74 Å². The van der Waals surface area contributed by atoms with Crippen LogP contribution in [-0.4, -0.2) is 26.0 Å². The summed E-state index contributed by atoms with van der Waals surface area (Å²) in [6, 6.07) is 20.6. The SMILES string of the molecule is COC(=O)c1ccc(-c2ccc(-c3ccc(OC)cc3)cc2C(C)=O)cc1. The Bertz CT molecular complexity index is 970. The summed E-state index contributed by atoms with van der Waals surface area (Å²) in [5, 5.41) is 0. The van der Waals surface area contributed by atoms with Crippen LogP contribution in [0.4, 0.5) is 0 Å². The summed E-state index contributed by atoms with van der Waals surface area (Å²) in [6.45, 7) is 1.56. The van der Waals surface area contributed by atoms with Gasteiger partial charge in [-0.25, -0.2) is 4.79 Å². The zero-order chi connectivity index (χ0) is 19.4. The molecule has 4 heteroatoms. The van der Waals surface area contributed by atoms with Gasteiger partial charge in [-0.05, 0) is 59.5 Å². The number of benzene rings is 3. The fourth-order valence-electron chi connectivity index (χ4n) is 2.95. The first-order valence-corrected chi connectivity index (χ1v) is 8.51. The Kier molecular flexibility index (Phi) is 5.36. The largest absolute Gasteiger partial charge is 0.497 e. The Morgan fingerprint density at radius 1 is 0.741 bits per heavy atom. The fourth-order valence-corrected chi connectivity index (χ4v) is 2.95. The van der Waals surface area contributed by atoms with E-state index in [0.29, 0.717) is 11.1 Å². The molecule has 136 valence electrons. The number of methoxy groups -OCH3 is 2. The van der Waals surface area contributed by atoms with Crippen molar-refractivity contribution in [3.63, 3.8) is 0 Å². The summed E-state index contributed by atoms with van der Waals surface area (Å²) >= 11 is 0. The standard InChI is InChI=1S/C23H20O4/c1-15(24)22-14-19(16-8-11-20(26-2)12-9-16)10-13-21(22)17-4-6-18(7-5-17)23(25)27-3/h4-14H,1-3H3. The van der Waals surface area contributed by atoms with Crippen molar-refractivity contribution in [2.75, 3.05) is 14.2 Å². The summed E-state index contributed by atoms with van der Waals surface area (Å²) < 4.78 is 9.91. The van der Waals surface area contributed by atoms with E-state index < -0.39 is 0 Å². The maximum absolute atomic E-state index is 12.3. The predicted molar refractivity (Wildman–Crippen MR) is 105 cm³/mol. The number of hydrogen-bond donors (Lipinski definition) is 0. The zero-order valence-corrected chi connectivity index (χ0v) is 15.5. The smallest absolute Gasteiger partial charge is 0.337 e. The molecule has 0 amide bonds. The van der Waals surface area contributed by atoms with E-state index in [1.54, 1.807) is 26.2 Å². The molecule has 3 aromatic rings. The first-order chi connectivity index (χ1) is 13.0. The van der Waals surface area contributed by atoms with Gasteiger partial charge in [0.15, 0.2) is 5.78 Å². The highest BCUT2D eigenvalue weighted by Crippen LogP contribution is 2.30. The average Bonchev–Trinajstić information content (AvgIpc) is 2.73. The summed E-state index contributed by atoms with van der Waals surface area (Å²) in [5.74, 6) is 0.383. The third kappa shape index (κ3) is 3.90. The predicted octanol–water partition coefficient (Wildman–Crippen LogP) is 5.02. The first kappa shape index (κ1) is 18.4. The van der Waals surface area contributed by atoms with Crippen LogP contribution in [0, 0.1) is 0 Å². The van der Waals surface area contributed by atoms with Gasteiger partial charge in [-0.1, -0.05) is 36.4 Å². The normalized spacial score (nSPS) is 10.3. The first-order valence-electron chi connectivity index (χ1n) is 8.51. The third-order valence-corrected chi connectivity index (χ3v) is 4.44. The van der Waals surface area contributed by atoms with Gasteiger partial charge in [-0.2, -0.15) is 0 Å². The number of carbonyl (C=O) groups is 2. The minimum absolute atomic E-state index is 0.0163. The highest BCUT2D eigenvalue weighted by molar-refractivity contribution is 6.02. The Labute approximate surface area is 158 Å². The third-order valence-electron chi connectivity index (χ3n) is 4.44. The van der Waals surface area contributed by atoms with Gasteiger partial charge >= 0.3 is 5.97 Å². The summed E-state index contributed by atoms with van der Waals surface area (Å²) in [5.41, 5.74) is 4.77. The van der Waals surface area contributed by atoms with Crippen molar-refractivity contribution in [3.8, 4) is 28.0 Å². The number of rotatable bonds is 5. The quantitative estimate of drug-likeness (QED) is 0.474. The van der Waals surface area contributed by atoms with Crippen LogP contribution in [0.5, 0.6) is 5.75 Å². The van der Waals surface area contributed by atoms with E-state index in [4.69, 9.17) is 9.47 Å². The molecule has 4 nitrogen and oxygen atoms in total. The van der Waals surface area contributed by atoms with E-state index in [-0.39, 0.29) is 11.8 Å². The van der Waals surface area contributed by atoms with Crippen molar-refractivity contribution in [2.45, 2.75) is 6.92 Å². The maximum Gasteiger partial charge on any atom is 0.337 e. The van der Waals surface area contributed by atoms with Crippen molar-refractivity contribution in [3.05, 3.63) is 77.9 Å². The number of carbonyl (C=O) groups excluding carboxylic acids is 2. The monoisotopic (exact) mass is 360 g/mol. The number of esters is 1. The maximum atomic E-state index is 12.3. The molecule has 0 N–H and O–H groups in total. The molecule has 0 saturated carbocycles. The van der Waals surface area contributed by atoms with E-state index in [1.807, 2.05) is 54.6 Å². The molecule has 0 spiro atoms. The van der Waals surface area contributed by atoms with Gasteiger partial charge in [0.2, 0.25) is 0 Å². The molecule has 0 aromatic heterocycles. The van der Waals surface area contributed by atoms with Crippen LogP contribution in [0.3, 0.4) is 0 Å². The fraction of sp³-hybridized carbons (Fsp3) is 0.130. The van der Waals surface area contributed by atoms with Gasteiger partial charge in [-0.15, -0.1) is 0 Å². The van der Waals surface area contributed by atoms with Crippen LogP contribution in [0.1, 0.15) is 27.6 Å². The van der Waals surface area contributed by atoms with Gasteiger partial charge in [0.1, 0.15) is 5.75 Å². The van der Waals surface area contributed by atoms with Crippen LogP contribution in [0.2, 0.25) is 0 Å². The molecular weight excluding hydrogens is 340 g/mol. The highest BCUT2D eigenvalue weighted by Gasteiger charge is 2.13. The van der Waals surface area contributed by atoms with Gasteiger partial charge < -0.3 is 9.47 Å². The number of hydrogen-bond acceptors (Lipinski definition) is 4. The van der Waals surface area contributed by atoms with E-state index in [9.17, 15) is 9.59 Å². The molecule has 0 saturated heterocycles. The van der Waals surface area contributed by atoms with E-state index >= 15 is 0 Å². The second kappa shape index (κ2) is 7.87. The Morgan fingerprint density at radius 3 is 1.89 bits per heavy atom. The van der Waals surface area contributed by atoms with Crippen molar-refractivity contribution >= 4 is 11.8 Å². The van der Waals surface area contributed by atoms with E-state index in [1.165, 1.54) is 7.11 Å². The molecule has 27 heavy (non-hydrogen) atoms. The topological polar surface area (TPSA) is 52.6 Å². The molecule has 0 aliphatic rings. The molecule has 0 unspecified atom stereocenters. The van der Waals surface area contributed by atoms with Crippen LogP contribution in [0.15, 0.2) is 66.7 Å². The van der Waals surface area contributed by atoms with Crippen molar-refractivity contribution < 1.29 is 19.1 Å². The molecule has 3 rings (SSSR count). The van der Waals surface area contributed by atoms with Gasteiger partial charge in [0.05, 0.1) is 19.8 Å². The van der Waals surface area contributed by atoms with E-state index in [0.717, 1.165) is 28.0 Å². The lowest BCUT2D eigenvalue weighted by molar-refractivity contribution is 0.0600. The minimum Gasteiger partial charge on any atom is -0.497 e.